The number of rotatable bonds is 5. The molecule has 0 aliphatic carbocycles. The number of hydrazone groups is 1. The van der Waals surface area contributed by atoms with Crippen molar-refractivity contribution in [1.29, 1.82) is 0 Å². The zero-order chi connectivity index (χ0) is 16.8. The number of pyridine rings is 1. The van der Waals surface area contributed by atoms with Gasteiger partial charge < -0.3 is 8.98 Å². The van der Waals surface area contributed by atoms with Crippen LogP contribution in [0.3, 0.4) is 0 Å². The first-order valence-corrected chi connectivity index (χ1v) is 7.34. The Bertz CT molecular complexity index is 897. The van der Waals surface area contributed by atoms with Gasteiger partial charge in [-0.05, 0) is 29.8 Å². The third kappa shape index (κ3) is 3.67. The van der Waals surface area contributed by atoms with Crippen molar-refractivity contribution < 1.29 is 9.21 Å². The molecule has 1 aromatic carbocycles. The fourth-order valence-corrected chi connectivity index (χ4v) is 2.19. The molecule has 2 aromatic heterocycles. The first kappa shape index (κ1) is 15.5. The molecule has 1 N–H and O–H groups in total. The molecule has 0 aliphatic heterocycles. The number of benzene rings is 1. The third-order valence-electron chi connectivity index (χ3n) is 3.36. The topological polar surface area (TPSA) is 76.6 Å². The monoisotopic (exact) mass is 321 g/mol. The molecular formula is C18H15N3O3. The highest BCUT2D eigenvalue weighted by Crippen LogP contribution is 2.01. The van der Waals surface area contributed by atoms with Gasteiger partial charge in [0, 0.05) is 6.20 Å². The van der Waals surface area contributed by atoms with E-state index in [-0.39, 0.29) is 11.1 Å². The van der Waals surface area contributed by atoms with Crippen LogP contribution in [0.5, 0.6) is 0 Å². The second-order valence-electron chi connectivity index (χ2n) is 5.06. The number of nitrogens with zero attached hydrogens (tertiary/aromatic N) is 2. The summed E-state index contributed by atoms with van der Waals surface area (Å²) < 4.78 is 6.55. The van der Waals surface area contributed by atoms with Crippen LogP contribution >= 0.6 is 0 Å². The van der Waals surface area contributed by atoms with Gasteiger partial charge >= 0.3 is 0 Å². The molecule has 2 heterocycles. The quantitative estimate of drug-likeness (QED) is 0.578. The summed E-state index contributed by atoms with van der Waals surface area (Å²) in [5, 5.41) is 3.78. The number of amides is 1. The van der Waals surface area contributed by atoms with E-state index in [0.29, 0.717) is 12.3 Å². The van der Waals surface area contributed by atoms with Crippen LogP contribution in [0, 0.1) is 0 Å². The lowest BCUT2D eigenvalue weighted by Gasteiger charge is -2.07. The third-order valence-corrected chi connectivity index (χ3v) is 3.36. The van der Waals surface area contributed by atoms with Crippen molar-refractivity contribution >= 4 is 12.1 Å². The molecule has 0 aliphatic rings. The lowest BCUT2D eigenvalue weighted by molar-refractivity contribution is 0.0953. The van der Waals surface area contributed by atoms with E-state index in [9.17, 15) is 9.59 Å². The Morgan fingerprint density at radius 2 is 1.96 bits per heavy atom. The summed E-state index contributed by atoms with van der Waals surface area (Å²) in [6.45, 7) is 0.399. The van der Waals surface area contributed by atoms with E-state index in [4.69, 9.17) is 4.42 Å². The van der Waals surface area contributed by atoms with Gasteiger partial charge in [-0.3, -0.25) is 9.59 Å². The predicted octanol–water partition coefficient (Wildman–Crippen LogP) is 2.25. The smallest absolute Gasteiger partial charge is 0.276 e. The fourth-order valence-electron chi connectivity index (χ4n) is 2.19. The summed E-state index contributed by atoms with van der Waals surface area (Å²) in [5.74, 6) is -0.0601. The number of hydrogen-bond acceptors (Lipinski definition) is 4. The van der Waals surface area contributed by atoms with E-state index < -0.39 is 5.91 Å². The van der Waals surface area contributed by atoms with Gasteiger partial charge in [0.15, 0.2) is 0 Å². The standard InChI is InChI=1S/C18H15N3O3/c22-17(20-19-12-15-8-5-11-24-15)16-9-4-10-21(18(16)23)13-14-6-2-1-3-7-14/h1-12H,13H2,(H,20,22)/b19-12-. The van der Waals surface area contributed by atoms with Gasteiger partial charge in [-0.2, -0.15) is 5.10 Å². The summed E-state index contributed by atoms with van der Waals surface area (Å²) in [7, 11) is 0. The molecule has 1 amide bonds. The molecule has 3 aromatic rings. The zero-order valence-electron chi connectivity index (χ0n) is 12.8. The van der Waals surface area contributed by atoms with E-state index in [1.54, 1.807) is 24.4 Å². The summed E-state index contributed by atoms with van der Waals surface area (Å²) in [4.78, 5) is 24.6. The van der Waals surface area contributed by atoms with E-state index >= 15 is 0 Å². The SMILES string of the molecule is O=C(N/N=C\c1ccco1)c1cccn(Cc2ccccc2)c1=O. The van der Waals surface area contributed by atoms with Crippen molar-refractivity contribution in [3.8, 4) is 0 Å². The molecule has 0 unspecified atom stereocenters. The van der Waals surface area contributed by atoms with E-state index in [1.807, 2.05) is 30.3 Å². The molecule has 0 radical (unpaired) electrons. The van der Waals surface area contributed by atoms with E-state index in [2.05, 4.69) is 10.5 Å². The van der Waals surface area contributed by atoms with E-state index in [0.717, 1.165) is 5.56 Å². The average Bonchev–Trinajstić information content (AvgIpc) is 3.11. The number of aromatic nitrogens is 1. The molecule has 3 rings (SSSR count). The van der Waals surface area contributed by atoms with Crippen LogP contribution in [0.4, 0.5) is 0 Å². The normalized spacial score (nSPS) is 10.8. The van der Waals surface area contributed by atoms with Crippen LogP contribution in [0.15, 0.2) is 81.4 Å². The molecule has 24 heavy (non-hydrogen) atoms. The van der Waals surface area contributed by atoms with Crippen molar-refractivity contribution in [1.82, 2.24) is 9.99 Å². The highest BCUT2D eigenvalue weighted by molar-refractivity contribution is 5.94. The molecule has 0 saturated heterocycles. The Labute approximate surface area is 138 Å². The van der Waals surface area contributed by atoms with Crippen LogP contribution in [0.1, 0.15) is 21.7 Å². The Kier molecular flexibility index (Phi) is 4.67. The van der Waals surface area contributed by atoms with Crippen molar-refractivity contribution in [3.05, 3.63) is 94.3 Å². The van der Waals surface area contributed by atoms with Gasteiger partial charge in [0.05, 0.1) is 19.0 Å². The fraction of sp³-hybridized carbons (Fsp3) is 0.0556. The van der Waals surface area contributed by atoms with Crippen LogP contribution in [0.2, 0.25) is 0 Å². The zero-order valence-corrected chi connectivity index (χ0v) is 12.8. The molecule has 6 heteroatoms. The highest BCUT2D eigenvalue weighted by atomic mass is 16.3. The van der Waals surface area contributed by atoms with Gasteiger partial charge in [-0.1, -0.05) is 30.3 Å². The minimum Gasteiger partial charge on any atom is -0.463 e. The van der Waals surface area contributed by atoms with Crippen LogP contribution in [0.25, 0.3) is 0 Å². The van der Waals surface area contributed by atoms with Gasteiger partial charge in [0.25, 0.3) is 11.5 Å². The lowest BCUT2D eigenvalue weighted by Crippen LogP contribution is -2.30. The minimum absolute atomic E-state index is 0.0324. The molecule has 6 nitrogen and oxygen atoms in total. The van der Waals surface area contributed by atoms with Crippen molar-refractivity contribution in [2.75, 3.05) is 0 Å². The predicted molar refractivity (Wildman–Crippen MR) is 90.0 cm³/mol. The summed E-state index contributed by atoms with van der Waals surface area (Å²) in [6.07, 6.45) is 4.52. The van der Waals surface area contributed by atoms with Gasteiger partial charge in [0.1, 0.15) is 11.3 Å². The van der Waals surface area contributed by atoms with Crippen LogP contribution < -0.4 is 11.0 Å². The average molecular weight is 321 g/mol. The molecule has 0 atom stereocenters. The number of hydrogen-bond donors (Lipinski definition) is 1. The molecule has 0 fully saturated rings. The Hall–Kier alpha value is -3.41. The van der Waals surface area contributed by atoms with Gasteiger partial charge in [-0.25, -0.2) is 5.43 Å². The number of nitrogens with one attached hydrogen (secondary N) is 1. The largest absolute Gasteiger partial charge is 0.463 e. The maximum absolute atomic E-state index is 12.4. The first-order chi connectivity index (χ1) is 11.7. The van der Waals surface area contributed by atoms with Crippen molar-refractivity contribution in [2.24, 2.45) is 5.10 Å². The number of carbonyl (C=O) groups excluding carboxylic acids is 1. The van der Waals surface area contributed by atoms with Crippen LogP contribution in [-0.4, -0.2) is 16.7 Å². The molecule has 0 spiro atoms. The summed E-state index contributed by atoms with van der Waals surface area (Å²) >= 11 is 0. The molecular weight excluding hydrogens is 306 g/mol. The second-order valence-corrected chi connectivity index (χ2v) is 5.06. The van der Waals surface area contributed by atoms with E-state index in [1.165, 1.54) is 23.1 Å². The van der Waals surface area contributed by atoms with Gasteiger partial charge in [-0.15, -0.1) is 0 Å². The lowest BCUT2D eigenvalue weighted by atomic mass is 10.2. The number of furan rings is 1. The maximum atomic E-state index is 12.4. The molecule has 0 saturated carbocycles. The Morgan fingerprint density at radius 3 is 2.71 bits per heavy atom. The minimum atomic E-state index is -0.565. The second kappa shape index (κ2) is 7.23. The maximum Gasteiger partial charge on any atom is 0.276 e. The summed E-state index contributed by atoms with van der Waals surface area (Å²) in [5.41, 5.74) is 2.97. The van der Waals surface area contributed by atoms with Crippen molar-refractivity contribution in [2.45, 2.75) is 6.54 Å². The van der Waals surface area contributed by atoms with Gasteiger partial charge in [0.2, 0.25) is 0 Å². The Balaban J connectivity index is 1.75. The van der Waals surface area contributed by atoms with Crippen molar-refractivity contribution in [3.63, 3.8) is 0 Å². The highest BCUT2D eigenvalue weighted by Gasteiger charge is 2.11. The Morgan fingerprint density at radius 1 is 1.12 bits per heavy atom. The number of carbonyl (C=O) groups is 1. The first-order valence-electron chi connectivity index (χ1n) is 7.34. The molecule has 120 valence electrons. The van der Waals surface area contributed by atoms with Crippen LogP contribution in [-0.2, 0) is 6.54 Å². The molecule has 0 bridgehead atoms. The summed E-state index contributed by atoms with van der Waals surface area (Å²) in [6, 6.07) is 16.1.